The van der Waals surface area contributed by atoms with Crippen LogP contribution in [0.3, 0.4) is 0 Å². The topological polar surface area (TPSA) is 98.5 Å². The van der Waals surface area contributed by atoms with Gasteiger partial charge in [-0.05, 0) is 12.1 Å². The molecular formula is C18H14F2N2O5S. The molecule has 0 bridgehead atoms. The van der Waals surface area contributed by atoms with E-state index in [-0.39, 0.29) is 12.5 Å². The van der Waals surface area contributed by atoms with Gasteiger partial charge in [-0.15, -0.1) is 0 Å². The average molecular weight is 408 g/mol. The van der Waals surface area contributed by atoms with E-state index in [0.717, 1.165) is 23.8 Å². The minimum atomic E-state index is -4.57. The Hall–Kier alpha value is -3.11. The summed E-state index contributed by atoms with van der Waals surface area (Å²) in [7, 11) is -4.57. The SMILES string of the molecule is O=C(CNS(=O)(=O)c1c(F)cccc1F)OCc1ncc(-c2ccccc2)o1. The van der Waals surface area contributed by atoms with Gasteiger partial charge in [0.05, 0.1) is 6.20 Å². The number of hydrogen-bond donors (Lipinski definition) is 1. The van der Waals surface area contributed by atoms with E-state index in [2.05, 4.69) is 4.98 Å². The molecule has 28 heavy (non-hydrogen) atoms. The van der Waals surface area contributed by atoms with E-state index in [1.165, 1.54) is 6.20 Å². The van der Waals surface area contributed by atoms with Gasteiger partial charge in [-0.3, -0.25) is 4.79 Å². The number of esters is 1. The summed E-state index contributed by atoms with van der Waals surface area (Å²) in [5.74, 6) is -2.93. The summed E-state index contributed by atoms with van der Waals surface area (Å²) in [6.07, 6.45) is 1.46. The number of nitrogens with one attached hydrogen (secondary N) is 1. The summed E-state index contributed by atoms with van der Waals surface area (Å²) in [5.41, 5.74) is 0.784. The summed E-state index contributed by atoms with van der Waals surface area (Å²) in [4.78, 5) is 14.5. The van der Waals surface area contributed by atoms with Crippen molar-refractivity contribution in [3.05, 3.63) is 72.3 Å². The van der Waals surface area contributed by atoms with E-state index in [0.29, 0.717) is 5.76 Å². The molecule has 0 amide bonds. The predicted molar refractivity (Wildman–Crippen MR) is 93.3 cm³/mol. The minimum absolute atomic E-state index is 0.107. The van der Waals surface area contributed by atoms with Crippen molar-refractivity contribution in [1.82, 2.24) is 9.71 Å². The fourth-order valence-corrected chi connectivity index (χ4v) is 3.37. The molecule has 10 heteroatoms. The van der Waals surface area contributed by atoms with Crippen LogP contribution in [0.5, 0.6) is 0 Å². The molecule has 7 nitrogen and oxygen atoms in total. The number of nitrogens with zero attached hydrogens (tertiary/aromatic N) is 1. The third kappa shape index (κ3) is 4.59. The van der Waals surface area contributed by atoms with Crippen molar-refractivity contribution in [1.29, 1.82) is 0 Å². The lowest BCUT2D eigenvalue weighted by molar-refractivity contribution is -0.144. The van der Waals surface area contributed by atoms with E-state index >= 15 is 0 Å². The van der Waals surface area contributed by atoms with Crippen molar-refractivity contribution in [2.75, 3.05) is 6.54 Å². The Bertz CT molecular complexity index is 1060. The maximum Gasteiger partial charge on any atom is 0.321 e. The number of rotatable bonds is 7. The van der Waals surface area contributed by atoms with Crippen LogP contribution in [0.15, 0.2) is 64.0 Å². The molecule has 1 N–H and O–H groups in total. The van der Waals surface area contributed by atoms with Crippen LogP contribution in [0.4, 0.5) is 8.78 Å². The summed E-state index contributed by atoms with van der Waals surface area (Å²) in [6, 6.07) is 11.7. The van der Waals surface area contributed by atoms with Crippen LogP contribution in [0, 0.1) is 11.6 Å². The first-order valence-electron chi connectivity index (χ1n) is 7.96. The summed E-state index contributed by atoms with van der Waals surface area (Å²) in [6.45, 7) is -1.15. The molecule has 0 aliphatic carbocycles. The van der Waals surface area contributed by atoms with Crippen molar-refractivity contribution in [3.63, 3.8) is 0 Å². The first-order chi connectivity index (χ1) is 13.4. The number of halogens is 2. The van der Waals surface area contributed by atoms with E-state index in [4.69, 9.17) is 9.15 Å². The molecule has 1 aromatic heterocycles. The molecule has 0 aliphatic rings. The lowest BCUT2D eigenvalue weighted by Gasteiger charge is -2.08. The average Bonchev–Trinajstić information content (AvgIpc) is 3.14. The van der Waals surface area contributed by atoms with Gasteiger partial charge in [-0.1, -0.05) is 36.4 Å². The van der Waals surface area contributed by atoms with Crippen LogP contribution in [0.25, 0.3) is 11.3 Å². The van der Waals surface area contributed by atoms with Crippen LogP contribution in [0.1, 0.15) is 5.89 Å². The second kappa shape index (κ2) is 8.28. The Kier molecular flexibility index (Phi) is 5.81. The maximum absolute atomic E-state index is 13.6. The Balaban J connectivity index is 1.56. The number of carbonyl (C=O) groups is 1. The van der Waals surface area contributed by atoms with E-state index < -0.39 is 39.1 Å². The summed E-state index contributed by atoms with van der Waals surface area (Å²) >= 11 is 0. The number of aromatic nitrogens is 1. The lowest BCUT2D eigenvalue weighted by atomic mass is 10.2. The van der Waals surface area contributed by atoms with Crippen molar-refractivity contribution in [2.45, 2.75) is 11.5 Å². The van der Waals surface area contributed by atoms with Crippen molar-refractivity contribution in [2.24, 2.45) is 0 Å². The van der Waals surface area contributed by atoms with Gasteiger partial charge in [0.15, 0.2) is 17.3 Å². The molecule has 146 valence electrons. The molecule has 0 atom stereocenters. The van der Waals surface area contributed by atoms with Crippen molar-refractivity contribution < 1.29 is 31.1 Å². The molecule has 0 fully saturated rings. The van der Waals surface area contributed by atoms with Crippen molar-refractivity contribution in [3.8, 4) is 11.3 Å². The predicted octanol–water partition coefficient (Wildman–Crippen LogP) is 2.64. The highest BCUT2D eigenvalue weighted by Crippen LogP contribution is 2.20. The molecule has 2 aromatic carbocycles. The highest BCUT2D eigenvalue weighted by molar-refractivity contribution is 7.89. The van der Waals surface area contributed by atoms with Crippen LogP contribution in [-0.4, -0.2) is 25.9 Å². The molecule has 0 spiro atoms. The molecule has 0 unspecified atom stereocenters. The standard InChI is InChI=1S/C18H14F2N2O5S/c19-13-7-4-8-14(20)18(13)28(24,25)22-10-17(23)26-11-16-21-9-15(27-16)12-5-2-1-3-6-12/h1-9,22H,10-11H2. The van der Waals surface area contributed by atoms with Crippen LogP contribution >= 0.6 is 0 Å². The monoisotopic (exact) mass is 408 g/mol. The zero-order chi connectivity index (χ0) is 20.1. The molecule has 1 heterocycles. The Morgan fingerprint density at radius 3 is 2.43 bits per heavy atom. The second-order valence-corrected chi connectivity index (χ2v) is 7.22. The zero-order valence-corrected chi connectivity index (χ0v) is 15.1. The number of hydrogen-bond acceptors (Lipinski definition) is 6. The van der Waals surface area contributed by atoms with Gasteiger partial charge in [-0.25, -0.2) is 22.2 Å². The second-order valence-electron chi connectivity index (χ2n) is 5.52. The minimum Gasteiger partial charge on any atom is -0.455 e. The molecule has 3 aromatic rings. The molecular weight excluding hydrogens is 394 g/mol. The lowest BCUT2D eigenvalue weighted by Crippen LogP contribution is -2.31. The number of benzene rings is 2. The smallest absolute Gasteiger partial charge is 0.321 e. The highest BCUT2D eigenvalue weighted by Gasteiger charge is 2.24. The van der Waals surface area contributed by atoms with Gasteiger partial charge in [-0.2, -0.15) is 4.72 Å². The van der Waals surface area contributed by atoms with Crippen LogP contribution in [0.2, 0.25) is 0 Å². The first kappa shape index (κ1) is 19.6. The highest BCUT2D eigenvalue weighted by atomic mass is 32.2. The fraction of sp³-hybridized carbons (Fsp3) is 0.111. The van der Waals surface area contributed by atoms with Gasteiger partial charge in [0.1, 0.15) is 18.2 Å². The summed E-state index contributed by atoms with van der Waals surface area (Å²) in [5, 5.41) is 0. The van der Waals surface area contributed by atoms with Gasteiger partial charge in [0.2, 0.25) is 15.9 Å². The van der Waals surface area contributed by atoms with Crippen molar-refractivity contribution >= 4 is 16.0 Å². The van der Waals surface area contributed by atoms with Gasteiger partial charge >= 0.3 is 5.97 Å². The summed E-state index contributed by atoms with van der Waals surface area (Å²) < 4.78 is 63.2. The normalized spacial score (nSPS) is 11.4. The molecule has 3 rings (SSSR count). The molecule has 0 saturated heterocycles. The van der Waals surface area contributed by atoms with Gasteiger partial charge < -0.3 is 9.15 Å². The number of sulfonamides is 1. The van der Waals surface area contributed by atoms with E-state index in [1.54, 1.807) is 4.72 Å². The third-order valence-corrected chi connectivity index (χ3v) is 5.01. The van der Waals surface area contributed by atoms with Gasteiger partial charge in [0, 0.05) is 5.56 Å². The maximum atomic E-state index is 13.6. The fourth-order valence-electron chi connectivity index (χ4n) is 2.27. The van der Waals surface area contributed by atoms with Crippen LogP contribution < -0.4 is 4.72 Å². The molecule has 0 aliphatic heterocycles. The molecule has 0 saturated carbocycles. The number of carbonyl (C=O) groups excluding carboxylic acids is 1. The van der Waals surface area contributed by atoms with E-state index in [9.17, 15) is 22.0 Å². The Morgan fingerprint density at radius 1 is 1.07 bits per heavy atom. The Morgan fingerprint density at radius 2 is 1.75 bits per heavy atom. The van der Waals surface area contributed by atoms with E-state index in [1.807, 2.05) is 30.3 Å². The Labute approximate surface area is 159 Å². The quantitative estimate of drug-likeness (QED) is 0.604. The number of ether oxygens (including phenoxy) is 1. The van der Waals surface area contributed by atoms with Gasteiger partial charge in [0.25, 0.3) is 0 Å². The van der Waals surface area contributed by atoms with Crippen LogP contribution in [-0.2, 0) is 26.2 Å². The first-order valence-corrected chi connectivity index (χ1v) is 9.44. The molecule has 0 radical (unpaired) electrons. The largest absolute Gasteiger partial charge is 0.455 e. The number of oxazole rings is 1. The third-order valence-electron chi connectivity index (χ3n) is 3.56. The zero-order valence-electron chi connectivity index (χ0n) is 14.3.